The van der Waals surface area contributed by atoms with Crippen LogP contribution in [0.25, 0.3) is 0 Å². The molecule has 0 aromatic carbocycles. The van der Waals surface area contributed by atoms with Crippen LogP contribution in [0.1, 0.15) is 71.1 Å². The zero-order valence-corrected chi connectivity index (χ0v) is 17.2. The van der Waals surface area contributed by atoms with Crippen LogP contribution in [0.4, 0.5) is 0 Å². The topological polar surface area (TPSA) is 105 Å². The number of rotatable bonds is 19. The SMILES string of the molecule is CCCCOC(=O)CCCO.OCCCCOCCCCOCCCCO. The van der Waals surface area contributed by atoms with Gasteiger partial charge in [0, 0.05) is 52.7 Å². The minimum atomic E-state index is -0.201. The Morgan fingerprint density at radius 2 is 1.07 bits per heavy atom. The molecule has 0 aliphatic heterocycles. The first-order valence-corrected chi connectivity index (χ1v) is 10.4. The largest absolute Gasteiger partial charge is 0.466 e. The number of hydrogen-bond donors (Lipinski definition) is 3. The van der Waals surface area contributed by atoms with Crippen molar-refractivity contribution < 1.29 is 34.3 Å². The van der Waals surface area contributed by atoms with Crippen molar-refractivity contribution in [3.8, 4) is 0 Å². The number of carbonyl (C=O) groups excluding carboxylic acids is 1. The molecule has 0 unspecified atom stereocenters. The molecule has 0 aliphatic carbocycles. The van der Waals surface area contributed by atoms with Crippen molar-refractivity contribution >= 4 is 5.97 Å². The van der Waals surface area contributed by atoms with Crippen LogP contribution in [0.3, 0.4) is 0 Å². The number of aliphatic hydroxyl groups excluding tert-OH is 3. The van der Waals surface area contributed by atoms with Crippen LogP contribution in [0.2, 0.25) is 0 Å². The maximum Gasteiger partial charge on any atom is 0.305 e. The van der Waals surface area contributed by atoms with Gasteiger partial charge < -0.3 is 29.5 Å². The number of esters is 1. The van der Waals surface area contributed by atoms with E-state index in [1.165, 1.54) is 0 Å². The standard InChI is InChI=1S/C12H26O4.C8H16O3/c13-7-1-3-9-15-11-5-6-12-16-10-4-2-8-14;1-2-3-7-11-8(10)5-4-6-9/h13-14H,1-12H2;9H,2-7H2,1H3. The van der Waals surface area contributed by atoms with E-state index in [0.29, 0.717) is 19.4 Å². The summed E-state index contributed by atoms with van der Waals surface area (Å²) in [5.74, 6) is -0.201. The predicted octanol–water partition coefficient (Wildman–Crippen LogP) is 2.45. The van der Waals surface area contributed by atoms with Gasteiger partial charge in [0.1, 0.15) is 0 Å². The van der Waals surface area contributed by atoms with E-state index < -0.39 is 0 Å². The summed E-state index contributed by atoms with van der Waals surface area (Å²) in [6, 6.07) is 0. The van der Waals surface area contributed by atoms with E-state index in [2.05, 4.69) is 0 Å². The highest BCUT2D eigenvalue weighted by Gasteiger charge is 2.00. The maximum atomic E-state index is 10.7. The molecule has 0 spiro atoms. The molecule has 3 N–H and O–H groups in total. The molecular formula is C20H42O7. The Morgan fingerprint density at radius 3 is 1.48 bits per heavy atom. The van der Waals surface area contributed by atoms with Crippen LogP contribution < -0.4 is 0 Å². The van der Waals surface area contributed by atoms with E-state index in [9.17, 15) is 4.79 Å². The highest BCUT2D eigenvalue weighted by atomic mass is 16.5. The smallest absolute Gasteiger partial charge is 0.305 e. The molecule has 164 valence electrons. The third-order valence-electron chi connectivity index (χ3n) is 3.52. The summed E-state index contributed by atoms with van der Waals surface area (Å²) in [6.45, 7) is 6.19. The minimum absolute atomic E-state index is 0.0584. The summed E-state index contributed by atoms with van der Waals surface area (Å²) in [5.41, 5.74) is 0. The fourth-order valence-electron chi connectivity index (χ4n) is 1.87. The van der Waals surface area contributed by atoms with Gasteiger partial charge in [0.05, 0.1) is 6.61 Å². The highest BCUT2D eigenvalue weighted by molar-refractivity contribution is 5.69. The van der Waals surface area contributed by atoms with Crippen LogP contribution >= 0.6 is 0 Å². The summed E-state index contributed by atoms with van der Waals surface area (Å²) >= 11 is 0. The van der Waals surface area contributed by atoms with Gasteiger partial charge in [-0.25, -0.2) is 0 Å². The van der Waals surface area contributed by atoms with Crippen molar-refractivity contribution in [1.29, 1.82) is 0 Å². The number of hydrogen-bond acceptors (Lipinski definition) is 7. The van der Waals surface area contributed by atoms with Crippen LogP contribution in [0.15, 0.2) is 0 Å². The first kappa shape index (κ1) is 28.5. The van der Waals surface area contributed by atoms with Gasteiger partial charge in [-0.15, -0.1) is 0 Å². The molecule has 0 bridgehead atoms. The van der Waals surface area contributed by atoms with Gasteiger partial charge in [0.2, 0.25) is 0 Å². The lowest BCUT2D eigenvalue weighted by atomic mass is 10.3. The van der Waals surface area contributed by atoms with Gasteiger partial charge in [-0.2, -0.15) is 0 Å². The molecule has 7 heteroatoms. The van der Waals surface area contributed by atoms with E-state index >= 15 is 0 Å². The number of carbonyl (C=O) groups is 1. The van der Waals surface area contributed by atoms with Crippen molar-refractivity contribution in [2.24, 2.45) is 0 Å². The molecule has 7 nitrogen and oxygen atoms in total. The summed E-state index contributed by atoms with van der Waals surface area (Å²) in [5, 5.41) is 25.5. The monoisotopic (exact) mass is 394 g/mol. The first-order chi connectivity index (χ1) is 13.2. The first-order valence-electron chi connectivity index (χ1n) is 10.4. The van der Waals surface area contributed by atoms with Gasteiger partial charge >= 0.3 is 5.97 Å². The second kappa shape index (κ2) is 27.5. The zero-order chi connectivity index (χ0) is 20.4. The van der Waals surface area contributed by atoms with Crippen molar-refractivity contribution in [1.82, 2.24) is 0 Å². The molecule has 27 heavy (non-hydrogen) atoms. The predicted molar refractivity (Wildman–Crippen MR) is 106 cm³/mol. The number of unbranched alkanes of at least 4 members (excludes halogenated alkanes) is 4. The zero-order valence-electron chi connectivity index (χ0n) is 17.2. The van der Waals surface area contributed by atoms with E-state index in [1.54, 1.807) is 0 Å². The van der Waals surface area contributed by atoms with E-state index in [-0.39, 0.29) is 25.8 Å². The summed E-state index contributed by atoms with van der Waals surface area (Å²) in [6.07, 6.45) is 8.38. The van der Waals surface area contributed by atoms with Crippen LogP contribution in [-0.4, -0.2) is 74.1 Å². The van der Waals surface area contributed by atoms with Crippen molar-refractivity contribution in [2.45, 2.75) is 71.1 Å². The van der Waals surface area contributed by atoms with Crippen LogP contribution in [-0.2, 0) is 19.0 Å². The Labute approximate surface area is 165 Å². The highest BCUT2D eigenvalue weighted by Crippen LogP contribution is 1.96. The van der Waals surface area contributed by atoms with E-state index in [4.69, 9.17) is 29.5 Å². The molecule has 0 aliphatic rings. The Balaban J connectivity index is 0. The minimum Gasteiger partial charge on any atom is -0.466 e. The molecule has 0 aromatic heterocycles. The van der Waals surface area contributed by atoms with E-state index in [1.807, 2.05) is 6.92 Å². The summed E-state index contributed by atoms with van der Waals surface area (Å²) in [4.78, 5) is 10.7. The Bertz CT molecular complexity index is 261. The second-order valence-electron chi connectivity index (χ2n) is 6.19. The lowest BCUT2D eigenvalue weighted by Gasteiger charge is -2.05. The fourth-order valence-corrected chi connectivity index (χ4v) is 1.87. The molecule has 0 amide bonds. The van der Waals surface area contributed by atoms with Gasteiger partial charge in [-0.05, 0) is 51.4 Å². The normalized spacial score (nSPS) is 10.4. The second-order valence-corrected chi connectivity index (χ2v) is 6.19. The van der Waals surface area contributed by atoms with Gasteiger partial charge in [-0.1, -0.05) is 13.3 Å². The molecule has 0 saturated carbocycles. The molecule has 0 fully saturated rings. The molecular weight excluding hydrogens is 352 g/mol. The molecule has 0 rings (SSSR count). The molecule has 0 aromatic rings. The third kappa shape index (κ3) is 30.2. The Hall–Kier alpha value is -0.730. The molecule has 0 heterocycles. The van der Waals surface area contributed by atoms with Gasteiger partial charge in [-0.3, -0.25) is 4.79 Å². The summed E-state index contributed by atoms with van der Waals surface area (Å²) < 4.78 is 15.6. The lowest BCUT2D eigenvalue weighted by Crippen LogP contribution is -2.06. The number of aliphatic hydroxyl groups is 3. The third-order valence-corrected chi connectivity index (χ3v) is 3.52. The average Bonchev–Trinajstić information content (AvgIpc) is 2.68. The van der Waals surface area contributed by atoms with Crippen LogP contribution in [0.5, 0.6) is 0 Å². The lowest BCUT2D eigenvalue weighted by molar-refractivity contribution is -0.144. The fraction of sp³-hybridized carbons (Fsp3) is 0.950. The van der Waals surface area contributed by atoms with Crippen molar-refractivity contribution in [2.75, 3.05) is 52.9 Å². The Morgan fingerprint density at radius 1 is 0.630 bits per heavy atom. The van der Waals surface area contributed by atoms with Gasteiger partial charge in [0.15, 0.2) is 0 Å². The quantitative estimate of drug-likeness (QED) is 0.228. The van der Waals surface area contributed by atoms with Gasteiger partial charge in [0.25, 0.3) is 0 Å². The molecule has 0 saturated heterocycles. The Kier molecular flexibility index (Phi) is 29.0. The molecule has 0 radical (unpaired) electrons. The number of ether oxygens (including phenoxy) is 3. The average molecular weight is 395 g/mol. The summed E-state index contributed by atoms with van der Waals surface area (Å²) in [7, 11) is 0. The van der Waals surface area contributed by atoms with Crippen LogP contribution in [0, 0.1) is 0 Å². The molecule has 0 atom stereocenters. The van der Waals surface area contributed by atoms with Crippen molar-refractivity contribution in [3.05, 3.63) is 0 Å². The maximum absolute atomic E-state index is 10.7. The van der Waals surface area contributed by atoms with Crippen molar-refractivity contribution in [3.63, 3.8) is 0 Å². The van der Waals surface area contributed by atoms with E-state index in [0.717, 1.165) is 77.8 Å².